The number of hydrogen-bond acceptors (Lipinski definition) is 5. The third-order valence-electron chi connectivity index (χ3n) is 4.79. The van der Waals surface area contributed by atoms with Crippen LogP contribution in [0.25, 0.3) is 10.2 Å². The van der Waals surface area contributed by atoms with Crippen LogP contribution >= 0.6 is 23.7 Å². The first kappa shape index (κ1) is 24.1. The molecule has 5 nitrogen and oxygen atoms in total. The van der Waals surface area contributed by atoms with Crippen LogP contribution in [0.5, 0.6) is 5.75 Å². The molecule has 1 heterocycles. The molecule has 162 valence electrons. The van der Waals surface area contributed by atoms with Crippen molar-refractivity contribution < 1.29 is 13.9 Å². The molecule has 0 fully saturated rings. The van der Waals surface area contributed by atoms with Gasteiger partial charge in [-0.15, -0.1) is 12.4 Å². The molecule has 0 aliphatic carbocycles. The van der Waals surface area contributed by atoms with Crippen LogP contribution in [0.15, 0.2) is 42.5 Å². The van der Waals surface area contributed by atoms with Gasteiger partial charge in [0.15, 0.2) is 11.7 Å². The first-order chi connectivity index (χ1) is 14.0. The molecule has 0 spiro atoms. The number of rotatable bonds is 9. The van der Waals surface area contributed by atoms with E-state index in [0.29, 0.717) is 22.9 Å². The van der Waals surface area contributed by atoms with Gasteiger partial charge >= 0.3 is 0 Å². The predicted molar refractivity (Wildman–Crippen MR) is 124 cm³/mol. The second-order valence-corrected chi connectivity index (χ2v) is 7.79. The first-order valence-corrected chi connectivity index (χ1v) is 10.6. The highest BCUT2D eigenvalue weighted by molar-refractivity contribution is 7.22. The maximum Gasteiger partial charge on any atom is 0.266 e. The van der Waals surface area contributed by atoms with Gasteiger partial charge in [-0.05, 0) is 50.3 Å². The summed E-state index contributed by atoms with van der Waals surface area (Å²) in [6.07, 6.45) is 0. The summed E-state index contributed by atoms with van der Waals surface area (Å²) in [5.41, 5.74) is 1.82. The van der Waals surface area contributed by atoms with E-state index in [1.165, 1.54) is 23.5 Å². The van der Waals surface area contributed by atoms with Crippen molar-refractivity contribution in [3.63, 3.8) is 0 Å². The van der Waals surface area contributed by atoms with Crippen molar-refractivity contribution in [1.82, 2.24) is 9.88 Å². The number of aromatic nitrogens is 1. The molecule has 0 aliphatic rings. The van der Waals surface area contributed by atoms with Gasteiger partial charge in [-0.1, -0.05) is 42.9 Å². The highest BCUT2D eigenvalue weighted by Crippen LogP contribution is 2.29. The molecule has 0 bridgehead atoms. The van der Waals surface area contributed by atoms with Crippen LogP contribution in [0, 0.1) is 12.7 Å². The number of carbonyl (C=O) groups excluding carboxylic acids is 1. The van der Waals surface area contributed by atoms with Gasteiger partial charge in [-0.2, -0.15) is 0 Å². The Labute approximate surface area is 186 Å². The molecule has 8 heteroatoms. The van der Waals surface area contributed by atoms with Crippen molar-refractivity contribution in [2.45, 2.75) is 20.8 Å². The zero-order chi connectivity index (χ0) is 20.8. The monoisotopic (exact) mass is 451 g/mol. The van der Waals surface area contributed by atoms with Crippen molar-refractivity contribution in [2.24, 2.45) is 0 Å². The summed E-state index contributed by atoms with van der Waals surface area (Å²) in [5, 5.41) is 0.565. The number of thiazole rings is 1. The number of fused-ring (bicyclic) bond motifs is 1. The molecule has 0 N–H and O–H groups in total. The Morgan fingerprint density at radius 3 is 2.47 bits per heavy atom. The van der Waals surface area contributed by atoms with Crippen LogP contribution < -0.4 is 9.64 Å². The summed E-state index contributed by atoms with van der Waals surface area (Å²) < 4.78 is 20.0. The number of hydrogen-bond donors (Lipinski definition) is 0. The normalized spacial score (nSPS) is 10.8. The van der Waals surface area contributed by atoms with Gasteiger partial charge in [0.05, 0.1) is 10.2 Å². The molecule has 30 heavy (non-hydrogen) atoms. The Morgan fingerprint density at radius 1 is 1.10 bits per heavy atom. The second-order valence-electron chi connectivity index (χ2n) is 6.78. The lowest BCUT2D eigenvalue weighted by Gasteiger charge is -2.24. The summed E-state index contributed by atoms with van der Waals surface area (Å²) >= 11 is 1.32. The van der Waals surface area contributed by atoms with E-state index in [1.54, 1.807) is 11.0 Å². The molecular formula is C22H27ClFN3O2S. The molecule has 0 aliphatic heterocycles. The Morgan fingerprint density at radius 2 is 1.80 bits per heavy atom. The highest BCUT2D eigenvalue weighted by Gasteiger charge is 2.21. The van der Waals surface area contributed by atoms with Gasteiger partial charge in [-0.25, -0.2) is 9.37 Å². The molecule has 0 saturated carbocycles. The number of amides is 1. The van der Waals surface area contributed by atoms with Crippen molar-refractivity contribution >= 4 is 45.0 Å². The third kappa shape index (κ3) is 6.14. The van der Waals surface area contributed by atoms with Gasteiger partial charge in [-0.3, -0.25) is 9.69 Å². The minimum absolute atomic E-state index is 0. The van der Waals surface area contributed by atoms with E-state index in [4.69, 9.17) is 4.74 Å². The van der Waals surface area contributed by atoms with Crippen LogP contribution in [0.4, 0.5) is 9.52 Å². The lowest BCUT2D eigenvalue weighted by Crippen LogP contribution is -2.41. The Kier molecular flexibility index (Phi) is 9.02. The highest BCUT2D eigenvalue weighted by atomic mass is 35.5. The summed E-state index contributed by atoms with van der Waals surface area (Å²) in [5.74, 6) is 0.174. The van der Waals surface area contributed by atoms with E-state index in [9.17, 15) is 9.18 Å². The molecule has 0 radical (unpaired) electrons. The maximum absolute atomic E-state index is 13.6. The zero-order valence-electron chi connectivity index (χ0n) is 17.4. The SMILES string of the molecule is CCN(CC)CCN(C(=O)COc1ccc(C)cc1)c1nc2ccc(F)cc2s1.Cl. The van der Waals surface area contributed by atoms with Crippen molar-refractivity contribution in [2.75, 3.05) is 37.7 Å². The number of anilines is 1. The minimum atomic E-state index is -0.309. The zero-order valence-corrected chi connectivity index (χ0v) is 19.1. The van der Waals surface area contributed by atoms with Crippen molar-refractivity contribution in [1.29, 1.82) is 0 Å². The van der Waals surface area contributed by atoms with Crippen LogP contribution in [-0.2, 0) is 4.79 Å². The number of nitrogens with zero attached hydrogens (tertiary/aromatic N) is 3. The van der Waals surface area contributed by atoms with Gasteiger partial charge in [0.1, 0.15) is 11.6 Å². The van der Waals surface area contributed by atoms with Gasteiger partial charge in [0, 0.05) is 13.1 Å². The Bertz CT molecular complexity index is 961. The molecule has 2 aromatic carbocycles. The van der Waals surface area contributed by atoms with Gasteiger partial charge < -0.3 is 9.64 Å². The van der Waals surface area contributed by atoms with Gasteiger partial charge in [0.2, 0.25) is 0 Å². The lowest BCUT2D eigenvalue weighted by atomic mass is 10.2. The minimum Gasteiger partial charge on any atom is -0.484 e. The average Bonchev–Trinajstić information content (AvgIpc) is 3.13. The number of benzene rings is 2. The van der Waals surface area contributed by atoms with E-state index < -0.39 is 0 Å². The smallest absolute Gasteiger partial charge is 0.266 e. The van der Waals surface area contributed by atoms with Crippen LogP contribution in [0.2, 0.25) is 0 Å². The fourth-order valence-electron chi connectivity index (χ4n) is 2.97. The fourth-order valence-corrected chi connectivity index (χ4v) is 4.00. The molecular weight excluding hydrogens is 425 g/mol. The van der Waals surface area contributed by atoms with Gasteiger partial charge in [0.25, 0.3) is 5.91 Å². The molecule has 1 aromatic heterocycles. The quantitative estimate of drug-likeness (QED) is 0.463. The second kappa shape index (κ2) is 11.2. The maximum atomic E-state index is 13.6. The number of ether oxygens (including phenoxy) is 1. The fraction of sp³-hybridized carbons (Fsp3) is 0.364. The topological polar surface area (TPSA) is 45.7 Å². The summed E-state index contributed by atoms with van der Waals surface area (Å²) in [4.78, 5) is 21.4. The first-order valence-electron chi connectivity index (χ1n) is 9.78. The van der Waals surface area contributed by atoms with Crippen molar-refractivity contribution in [3.05, 3.63) is 53.8 Å². The van der Waals surface area contributed by atoms with E-state index in [-0.39, 0.29) is 30.7 Å². The summed E-state index contributed by atoms with van der Waals surface area (Å²) in [7, 11) is 0. The van der Waals surface area contributed by atoms with E-state index in [0.717, 1.165) is 29.9 Å². The van der Waals surface area contributed by atoms with Crippen molar-refractivity contribution in [3.8, 4) is 5.75 Å². The number of likely N-dealkylation sites (N-methyl/N-ethyl adjacent to an activating group) is 1. The molecule has 0 saturated heterocycles. The number of carbonyl (C=O) groups is 1. The molecule has 0 unspecified atom stereocenters. The summed E-state index contributed by atoms with van der Waals surface area (Å²) in [6, 6.07) is 12.1. The van der Waals surface area contributed by atoms with E-state index >= 15 is 0 Å². The standard InChI is InChI=1S/C22H26FN3O2S.ClH/c1-4-25(5-2)12-13-26(21(27)15-28-18-9-6-16(3)7-10-18)22-24-19-11-8-17(23)14-20(19)29-22;/h6-11,14H,4-5,12-13,15H2,1-3H3;1H. The van der Waals surface area contributed by atoms with E-state index in [2.05, 4.69) is 23.7 Å². The van der Waals surface area contributed by atoms with Crippen LogP contribution in [0.3, 0.4) is 0 Å². The molecule has 0 atom stereocenters. The molecule has 1 amide bonds. The predicted octanol–water partition coefficient (Wildman–Crippen LogP) is 4.92. The van der Waals surface area contributed by atoms with Crippen LogP contribution in [0.1, 0.15) is 19.4 Å². The Balaban J connectivity index is 0.00000320. The molecule has 3 rings (SSSR count). The average molecular weight is 452 g/mol. The molecule has 3 aromatic rings. The summed E-state index contributed by atoms with van der Waals surface area (Å²) in [6.45, 7) is 9.15. The van der Waals surface area contributed by atoms with Crippen LogP contribution in [-0.4, -0.2) is 48.6 Å². The number of aryl methyl sites for hydroxylation is 1. The largest absolute Gasteiger partial charge is 0.484 e. The lowest BCUT2D eigenvalue weighted by molar-refractivity contribution is -0.120. The number of halogens is 2. The Hall–Kier alpha value is -2.22. The third-order valence-corrected chi connectivity index (χ3v) is 5.83. The van der Waals surface area contributed by atoms with E-state index in [1.807, 2.05) is 31.2 Å².